The second kappa shape index (κ2) is 8.07. The molecule has 0 aliphatic heterocycles. The number of amides is 1. The Balaban J connectivity index is 1.87. The molecule has 5 nitrogen and oxygen atoms in total. The van der Waals surface area contributed by atoms with E-state index in [0.717, 1.165) is 27.6 Å². The summed E-state index contributed by atoms with van der Waals surface area (Å²) < 4.78 is 6.92. The molecule has 0 unspecified atom stereocenters. The van der Waals surface area contributed by atoms with Crippen LogP contribution in [-0.2, 0) is 11.3 Å². The van der Waals surface area contributed by atoms with Gasteiger partial charge in [0.25, 0.3) is 5.56 Å². The molecule has 0 fully saturated rings. The Morgan fingerprint density at radius 2 is 1.86 bits per heavy atom. The summed E-state index contributed by atoms with van der Waals surface area (Å²) in [7, 11) is 1.53. The van der Waals surface area contributed by atoms with Crippen molar-refractivity contribution in [2.75, 3.05) is 12.4 Å². The molecule has 2 aromatic carbocycles. The van der Waals surface area contributed by atoms with Gasteiger partial charge in [-0.15, -0.1) is 0 Å². The van der Waals surface area contributed by atoms with Crippen LogP contribution < -0.4 is 15.6 Å². The van der Waals surface area contributed by atoms with E-state index in [4.69, 9.17) is 16.3 Å². The molecule has 1 aromatic heterocycles. The Morgan fingerprint density at radius 3 is 2.57 bits per heavy atom. The number of anilines is 1. The number of nitrogens with zero attached hydrogens (tertiary/aromatic N) is 1. The monoisotopic (exact) mass is 398 g/mol. The lowest BCUT2D eigenvalue weighted by Gasteiger charge is -2.15. The van der Waals surface area contributed by atoms with Crippen LogP contribution in [0.5, 0.6) is 5.75 Å². The summed E-state index contributed by atoms with van der Waals surface area (Å²) in [5, 5.41) is 4.35. The molecule has 0 saturated heterocycles. The van der Waals surface area contributed by atoms with Crippen LogP contribution in [0.1, 0.15) is 23.1 Å². The Kier molecular flexibility index (Phi) is 5.75. The van der Waals surface area contributed by atoms with Crippen molar-refractivity contribution in [3.8, 4) is 5.75 Å². The number of carbonyl (C=O) groups is 1. The molecule has 0 aliphatic rings. The summed E-state index contributed by atoms with van der Waals surface area (Å²) in [4.78, 5) is 25.1. The van der Waals surface area contributed by atoms with Crippen LogP contribution in [-0.4, -0.2) is 17.6 Å². The minimum absolute atomic E-state index is 0.106. The van der Waals surface area contributed by atoms with E-state index >= 15 is 0 Å². The van der Waals surface area contributed by atoms with Gasteiger partial charge in [-0.2, -0.15) is 0 Å². The molecular weight excluding hydrogens is 376 g/mol. The van der Waals surface area contributed by atoms with Crippen LogP contribution in [0.25, 0.3) is 10.9 Å². The highest BCUT2D eigenvalue weighted by molar-refractivity contribution is 6.31. The molecular formula is C22H23ClN2O3. The first kappa shape index (κ1) is 20.0. The Labute approximate surface area is 168 Å². The second-order valence-electron chi connectivity index (χ2n) is 6.94. The maximum atomic E-state index is 12.6. The molecule has 1 heterocycles. The largest absolute Gasteiger partial charge is 0.495 e. The van der Waals surface area contributed by atoms with Crippen LogP contribution in [0.15, 0.2) is 41.2 Å². The minimum Gasteiger partial charge on any atom is -0.495 e. The highest BCUT2D eigenvalue weighted by atomic mass is 35.5. The third-order valence-electron chi connectivity index (χ3n) is 4.74. The predicted octanol–water partition coefficient (Wildman–Crippen LogP) is 4.62. The number of carbonyl (C=O) groups excluding carboxylic acids is 1. The van der Waals surface area contributed by atoms with Crippen LogP contribution in [0, 0.1) is 20.8 Å². The van der Waals surface area contributed by atoms with Crippen molar-refractivity contribution in [3.63, 3.8) is 0 Å². The van der Waals surface area contributed by atoms with E-state index in [-0.39, 0.29) is 24.4 Å². The number of nitrogens with one attached hydrogen (secondary N) is 1. The van der Waals surface area contributed by atoms with E-state index in [2.05, 4.69) is 17.4 Å². The first-order valence-corrected chi connectivity index (χ1v) is 9.42. The van der Waals surface area contributed by atoms with Gasteiger partial charge < -0.3 is 14.6 Å². The van der Waals surface area contributed by atoms with Crippen LogP contribution >= 0.6 is 11.6 Å². The molecule has 28 heavy (non-hydrogen) atoms. The maximum Gasteiger partial charge on any atom is 0.251 e. The van der Waals surface area contributed by atoms with E-state index in [1.54, 1.807) is 28.8 Å². The molecule has 1 amide bonds. The fraction of sp³-hybridized carbons (Fsp3) is 0.273. The van der Waals surface area contributed by atoms with Crippen LogP contribution in [0.4, 0.5) is 5.69 Å². The quantitative estimate of drug-likeness (QED) is 0.682. The van der Waals surface area contributed by atoms with Crippen molar-refractivity contribution in [2.24, 2.45) is 0 Å². The van der Waals surface area contributed by atoms with Crippen molar-refractivity contribution < 1.29 is 9.53 Å². The first-order chi connectivity index (χ1) is 13.3. The number of hydrogen-bond acceptors (Lipinski definition) is 3. The number of aromatic nitrogens is 1. The molecule has 0 atom stereocenters. The summed E-state index contributed by atoms with van der Waals surface area (Å²) in [6.07, 6.45) is 0.154. The SMILES string of the molecule is COc1ccc(Cl)cc1NC(=O)CCn1c(=O)cc(C)c2cc(C)cc(C)c21. The second-order valence-corrected chi connectivity index (χ2v) is 7.37. The lowest BCUT2D eigenvalue weighted by Crippen LogP contribution is -2.24. The van der Waals surface area contributed by atoms with E-state index < -0.39 is 0 Å². The smallest absolute Gasteiger partial charge is 0.251 e. The molecule has 0 saturated carbocycles. The molecule has 0 bridgehead atoms. The zero-order valence-corrected chi connectivity index (χ0v) is 17.2. The van der Waals surface area contributed by atoms with Crippen molar-refractivity contribution in [1.82, 2.24) is 4.57 Å². The number of rotatable bonds is 5. The Morgan fingerprint density at radius 1 is 1.11 bits per heavy atom. The van der Waals surface area contributed by atoms with Crippen molar-refractivity contribution >= 4 is 34.1 Å². The average Bonchev–Trinajstić information content (AvgIpc) is 2.62. The number of methoxy groups -OCH3 is 1. The molecule has 0 radical (unpaired) electrons. The number of fused-ring (bicyclic) bond motifs is 1. The third-order valence-corrected chi connectivity index (χ3v) is 4.98. The van der Waals surface area contributed by atoms with Gasteiger partial charge in [0.05, 0.1) is 18.3 Å². The van der Waals surface area contributed by atoms with Gasteiger partial charge in [-0.25, -0.2) is 0 Å². The van der Waals surface area contributed by atoms with Crippen molar-refractivity contribution in [3.05, 3.63) is 68.5 Å². The van der Waals surface area contributed by atoms with Crippen molar-refractivity contribution in [1.29, 1.82) is 0 Å². The molecule has 0 aliphatic carbocycles. The van der Waals surface area contributed by atoms with Crippen molar-refractivity contribution in [2.45, 2.75) is 33.7 Å². The highest BCUT2D eigenvalue weighted by Gasteiger charge is 2.13. The summed E-state index contributed by atoms with van der Waals surface area (Å²) >= 11 is 6.01. The fourth-order valence-electron chi connectivity index (χ4n) is 3.50. The Bertz CT molecular complexity index is 1120. The molecule has 6 heteroatoms. The van der Waals surface area contributed by atoms with Crippen LogP contribution in [0.3, 0.4) is 0 Å². The lowest BCUT2D eigenvalue weighted by molar-refractivity contribution is -0.116. The van der Waals surface area contributed by atoms with E-state index in [0.29, 0.717) is 16.5 Å². The van der Waals surface area contributed by atoms with E-state index in [1.807, 2.05) is 20.8 Å². The lowest BCUT2D eigenvalue weighted by atomic mass is 10.0. The number of hydrogen-bond donors (Lipinski definition) is 1. The standard InChI is InChI=1S/C22H23ClN2O3/c1-13-9-15(3)22-17(10-13)14(2)11-21(27)25(22)8-7-20(26)24-18-12-16(23)5-6-19(18)28-4/h5-6,9-12H,7-8H2,1-4H3,(H,24,26). The number of pyridine rings is 1. The van der Waals surface area contributed by atoms with Crippen LogP contribution in [0.2, 0.25) is 5.02 Å². The van der Waals surface area contributed by atoms with Gasteiger partial charge in [0, 0.05) is 29.4 Å². The zero-order chi connectivity index (χ0) is 20.4. The van der Waals surface area contributed by atoms with Gasteiger partial charge in [-0.3, -0.25) is 9.59 Å². The van der Waals surface area contributed by atoms with Gasteiger partial charge in [-0.05, 0) is 56.2 Å². The maximum absolute atomic E-state index is 12.6. The Hall–Kier alpha value is -2.79. The molecule has 1 N–H and O–H groups in total. The highest BCUT2D eigenvalue weighted by Crippen LogP contribution is 2.28. The van der Waals surface area contributed by atoms with Gasteiger partial charge in [-0.1, -0.05) is 23.2 Å². The van der Waals surface area contributed by atoms with E-state index in [9.17, 15) is 9.59 Å². The summed E-state index contributed by atoms with van der Waals surface area (Å²) in [6.45, 7) is 6.24. The van der Waals surface area contributed by atoms with Gasteiger partial charge in [0.1, 0.15) is 5.75 Å². The molecule has 3 aromatic rings. The third kappa shape index (κ3) is 4.04. The summed E-state index contributed by atoms with van der Waals surface area (Å²) in [5.74, 6) is 0.313. The molecule has 3 rings (SSSR count). The average molecular weight is 399 g/mol. The summed E-state index contributed by atoms with van der Waals surface area (Å²) in [5.41, 5.74) is 4.38. The van der Waals surface area contributed by atoms with Gasteiger partial charge >= 0.3 is 0 Å². The fourth-order valence-corrected chi connectivity index (χ4v) is 3.67. The first-order valence-electron chi connectivity index (χ1n) is 9.05. The number of aryl methyl sites for hydroxylation is 4. The molecule has 146 valence electrons. The molecule has 0 spiro atoms. The van der Waals surface area contributed by atoms with Gasteiger partial charge in [0.15, 0.2) is 0 Å². The summed E-state index contributed by atoms with van der Waals surface area (Å²) in [6, 6.07) is 10.8. The normalized spacial score (nSPS) is 10.9. The van der Waals surface area contributed by atoms with E-state index in [1.165, 1.54) is 7.11 Å². The zero-order valence-electron chi connectivity index (χ0n) is 16.4. The topological polar surface area (TPSA) is 60.3 Å². The predicted molar refractivity (Wildman–Crippen MR) is 114 cm³/mol. The number of benzene rings is 2. The number of halogens is 1. The van der Waals surface area contributed by atoms with Gasteiger partial charge in [0.2, 0.25) is 5.91 Å². The minimum atomic E-state index is -0.217. The number of ether oxygens (including phenoxy) is 1.